The molecular weight excluding hydrogens is 394 g/mol. The van der Waals surface area contributed by atoms with Crippen LogP contribution >= 0.6 is 11.6 Å². The predicted octanol–water partition coefficient (Wildman–Crippen LogP) is 3.45. The van der Waals surface area contributed by atoms with Crippen molar-refractivity contribution in [3.05, 3.63) is 80.9 Å². The number of morpholine rings is 1. The van der Waals surface area contributed by atoms with Gasteiger partial charge in [-0.2, -0.15) is 0 Å². The van der Waals surface area contributed by atoms with Gasteiger partial charge < -0.3 is 10.1 Å². The molecule has 29 heavy (non-hydrogen) atoms. The summed E-state index contributed by atoms with van der Waals surface area (Å²) in [6.45, 7) is 3.25. The maximum Gasteiger partial charge on any atom is 0.276 e. The number of nitro groups is 1. The van der Waals surface area contributed by atoms with E-state index < -0.39 is 4.92 Å². The lowest BCUT2D eigenvalue weighted by molar-refractivity contribution is -0.385. The third-order valence-corrected chi connectivity index (χ3v) is 5.01. The molecule has 3 rings (SSSR count). The minimum atomic E-state index is -0.466. The van der Waals surface area contributed by atoms with Crippen molar-refractivity contribution in [1.82, 2.24) is 10.2 Å². The molecule has 0 bridgehead atoms. The molecule has 152 valence electrons. The van der Waals surface area contributed by atoms with E-state index >= 15 is 0 Å². The quantitative estimate of drug-likeness (QED) is 0.425. The highest BCUT2D eigenvalue weighted by Crippen LogP contribution is 2.23. The lowest BCUT2D eigenvalue weighted by atomic mass is 10.0. The van der Waals surface area contributed by atoms with Gasteiger partial charge in [0.2, 0.25) is 5.91 Å². The number of nitrogens with zero attached hydrogens (tertiary/aromatic N) is 2. The van der Waals surface area contributed by atoms with Crippen molar-refractivity contribution < 1.29 is 14.5 Å². The van der Waals surface area contributed by atoms with E-state index in [2.05, 4.69) is 10.2 Å². The summed E-state index contributed by atoms with van der Waals surface area (Å²) in [4.78, 5) is 25.2. The number of rotatable bonds is 7. The van der Waals surface area contributed by atoms with E-state index in [4.69, 9.17) is 16.3 Å². The lowest BCUT2D eigenvalue weighted by Gasteiger charge is -2.34. The summed E-state index contributed by atoms with van der Waals surface area (Å²) in [7, 11) is 0. The first-order valence-corrected chi connectivity index (χ1v) is 9.69. The Morgan fingerprint density at radius 1 is 1.21 bits per heavy atom. The molecule has 7 nitrogen and oxygen atoms in total. The summed E-state index contributed by atoms with van der Waals surface area (Å²) in [5, 5.41) is 14.6. The molecule has 0 radical (unpaired) electrons. The van der Waals surface area contributed by atoms with E-state index in [-0.39, 0.29) is 17.6 Å². The first-order chi connectivity index (χ1) is 14.0. The summed E-state index contributed by atoms with van der Waals surface area (Å²) in [5.41, 5.74) is 1.40. The number of benzene rings is 2. The molecule has 0 saturated carbocycles. The van der Waals surface area contributed by atoms with Gasteiger partial charge in [0.1, 0.15) is 0 Å². The molecular formula is C21H22ClN3O4. The molecule has 2 aromatic rings. The fourth-order valence-corrected chi connectivity index (χ4v) is 3.37. The minimum absolute atomic E-state index is 0.0143. The normalized spacial score (nSPS) is 15.9. The van der Waals surface area contributed by atoms with Crippen LogP contribution in [0.15, 0.2) is 54.6 Å². The van der Waals surface area contributed by atoms with Crippen molar-refractivity contribution in [2.24, 2.45) is 0 Å². The molecule has 1 unspecified atom stereocenters. The van der Waals surface area contributed by atoms with Gasteiger partial charge in [-0.15, -0.1) is 0 Å². The molecule has 1 N–H and O–H groups in total. The first kappa shape index (κ1) is 21.0. The van der Waals surface area contributed by atoms with Crippen molar-refractivity contribution in [1.29, 1.82) is 0 Å². The maximum atomic E-state index is 12.3. The predicted molar refractivity (Wildman–Crippen MR) is 112 cm³/mol. The van der Waals surface area contributed by atoms with Gasteiger partial charge in [0.05, 0.1) is 29.7 Å². The highest BCUT2D eigenvalue weighted by molar-refractivity contribution is 6.30. The summed E-state index contributed by atoms with van der Waals surface area (Å²) >= 11 is 6.00. The standard InChI is InChI=1S/C21H22ClN3O4/c22-18-8-5-17(6-9-18)20(24-11-13-29-14-12-24)15-23-21(26)10-7-16-3-1-2-4-19(16)25(27)28/h1-10,20H,11-15H2,(H,23,26). The molecule has 1 fully saturated rings. The molecule has 0 aromatic heterocycles. The minimum Gasteiger partial charge on any atom is -0.379 e. The topological polar surface area (TPSA) is 84.7 Å². The summed E-state index contributed by atoms with van der Waals surface area (Å²) < 4.78 is 5.43. The molecule has 1 aliphatic heterocycles. The van der Waals surface area contributed by atoms with Crippen LogP contribution in [0.5, 0.6) is 0 Å². The van der Waals surface area contributed by atoms with E-state index in [9.17, 15) is 14.9 Å². The number of carbonyl (C=O) groups is 1. The van der Waals surface area contributed by atoms with E-state index in [0.717, 1.165) is 18.7 Å². The van der Waals surface area contributed by atoms with Crippen LogP contribution in [0.3, 0.4) is 0 Å². The highest BCUT2D eigenvalue weighted by Gasteiger charge is 2.23. The summed E-state index contributed by atoms with van der Waals surface area (Å²) in [6, 6.07) is 13.9. The third kappa shape index (κ3) is 5.87. The maximum absolute atomic E-state index is 12.3. The second-order valence-electron chi connectivity index (χ2n) is 6.61. The van der Waals surface area contributed by atoms with E-state index in [1.54, 1.807) is 18.2 Å². The van der Waals surface area contributed by atoms with E-state index in [1.165, 1.54) is 18.2 Å². The summed E-state index contributed by atoms with van der Waals surface area (Å²) in [5.74, 6) is -0.310. The Morgan fingerprint density at radius 3 is 2.59 bits per heavy atom. The van der Waals surface area contributed by atoms with Crippen LogP contribution in [-0.4, -0.2) is 48.6 Å². The van der Waals surface area contributed by atoms with Crippen LogP contribution in [0.4, 0.5) is 5.69 Å². The van der Waals surface area contributed by atoms with Gasteiger partial charge in [-0.3, -0.25) is 19.8 Å². The van der Waals surface area contributed by atoms with Crippen LogP contribution in [0.2, 0.25) is 5.02 Å². The van der Waals surface area contributed by atoms with Crippen molar-refractivity contribution >= 4 is 29.3 Å². The number of nitrogens with one attached hydrogen (secondary N) is 1. The van der Waals surface area contributed by atoms with Crippen molar-refractivity contribution in [2.45, 2.75) is 6.04 Å². The zero-order valence-electron chi connectivity index (χ0n) is 15.8. The number of para-hydroxylation sites is 1. The van der Waals surface area contributed by atoms with Gasteiger partial charge in [0.25, 0.3) is 5.69 Å². The van der Waals surface area contributed by atoms with Gasteiger partial charge in [0, 0.05) is 36.8 Å². The molecule has 1 aliphatic rings. The van der Waals surface area contributed by atoms with Gasteiger partial charge in [-0.25, -0.2) is 0 Å². The van der Waals surface area contributed by atoms with Crippen molar-refractivity contribution in [3.8, 4) is 0 Å². The Kier molecular flexibility index (Phi) is 7.35. The number of amides is 1. The molecule has 0 aliphatic carbocycles. The number of hydrogen-bond acceptors (Lipinski definition) is 5. The molecule has 1 heterocycles. The molecule has 1 atom stereocenters. The Labute approximate surface area is 174 Å². The highest BCUT2D eigenvalue weighted by atomic mass is 35.5. The second-order valence-corrected chi connectivity index (χ2v) is 7.05. The average molecular weight is 416 g/mol. The van der Waals surface area contributed by atoms with Crippen LogP contribution in [0.25, 0.3) is 6.08 Å². The van der Waals surface area contributed by atoms with Crippen LogP contribution in [-0.2, 0) is 9.53 Å². The number of carbonyl (C=O) groups excluding carboxylic acids is 1. The average Bonchev–Trinajstić information content (AvgIpc) is 2.74. The monoisotopic (exact) mass is 415 g/mol. The largest absolute Gasteiger partial charge is 0.379 e. The molecule has 2 aromatic carbocycles. The fourth-order valence-electron chi connectivity index (χ4n) is 3.25. The van der Waals surface area contributed by atoms with Crippen LogP contribution < -0.4 is 5.32 Å². The number of hydrogen-bond donors (Lipinski definition) is 1. The second kappa shape index (κ2) is 10.2. The Bertz CT molecular complexity index is 880. The zero-order valence-corrected chi connectivity index (χ0v) is 16.5. The van der Waals surface area contributed by atoms with E-state index in [0.29, 0.717) is 30.3 Å². The third-order valence-electron chi connectivity index (χ3n) is 4.76. The zero-order chi connectivity index (χ0) is 20.6. The molecule has 0 spiro atoms. The fraction of sp³-hybridized carbons (Fsp3) is 0.286. The smallest absolute Gasteiger partial charge is 0.276 e. The van der Waals surface area contributed by atoms with Gasteiger partial charge >= 0.3 is 0 Å². The molecule has 1 saturated heterocycles. The van der Waals surface area contributed by atoms with Crippen LogP contribution in [0, 0.1) is 10.1 Å². The molecule has 1 amide bonds. The van der Waals surface area contributed by atoms with Gasteiger partial charge in [-0.1, -0.05) is 35.9 Å². The number of ether oxygens (including phenoxy) is 1. The molecule has 8 heteroatoms. The Balaban J connectivity index is 1.68. The van der Waals surface area contributed by atoms with Gasteiger partial charge in [0.15, 0.2) is 0 Å². The Morgan fingerprint density at radius 2 is 1.90 bits per heavy atom. The van der Waals surface area contributed by atoms with Gasteiger partial charge in [-0.05, 0) is 29.8 Å². The SMILES string of the molecule is O=C(C=Cc1ccccc1[N+](=O)[O-])NCC(c1ccc(Cl)cc1)N1CCOCC1. The Hall–Kier alpha value is -2.74. The summed E-state index contributed by atoms with van der Waals surface area (Å²) in [6.07, 6.45) is 2.78. The number of nitro benzene ring substituents is 1. The first-order valence-electron chi connectivity index (χ1n) is 9.31. The van der Waals surface area contributed by atoms with Crippen molar-refractivity contribution in [2.75, 3.05) is 32.8 Å². The van der Waals surface area contributed by atoms with E-state index in [1.807, 2.05) is 24.3 Å². The lowest BCUT2D eigenvalue weighted by Crippen LogP contribution is -2.43. The van der Waals surface area contributed by atoms with Crippen molar-refractivity contribution in [3.63, 3.8) is 0 Å². The van der Waals surface area contributed by atoms with Crippen LogP contribution in [0.1, 0.15) is 17.2 Å². The number of halogens is 1.